The fourth-order valence-electron chi connectivity index (χ4n) is 2.89. The van der Waals surface area contributed by atoms with Crippen molar-refractivity contribution >= 4 is 17.3 Å². The first-order chi connectivity index (χ1) is 9.72. The Kier molecular flexibility index (Phi) is 4.22. The summed E-state index contributed by atoms with van der Waals surface area (Å²) < 4.78 is 11.1. The topological polar surface area (TPSA) is 33.7 Å². The summed E-state index contributed by atoms with van der Waals surface area (Å²) in [5, 5.41) is 4.15. The van der Waals surface area contributed by atoms with Crippen LogP contribution in [0.25, 0.3) is 0 Å². The molecule has 2 aliphatic heterocycles. The highest BCUT2D eigenvalue weighted by molar-refractivity contribution is 6.33. The van der Waals surface area contributed by atoms with Gasteiger partial charge in [-0.2, -0.15) is 0 Å². The molecule has 0 bridgehead atoms. The summed E-state index contributed by atoms with van der Waals surface area (Å²) in [5.74, 6) is 2.20. The summed E-state index contributed by atoms with van der Waals surface area (Å²) >= 11 is 6.30. The summed E-state index contributed by atoms with van der Waals surface area (Å²) in [7, 11) is 2.18. The van der Waals surface area contributed by atoms with Gasteiger partial charge in [0.05, 0.1) is 10.7 Å². The van der Waals surface area contributed by atoms with Crippen molar-refractivity contribution in [2.45, 2.75) is 12.8 Å². The van der Waals surface area contributed by atoms with Crippen molar-refractivity contribution in [3.8, 4) is 11.5 Å². The van der Waals surface area contributed by atoms with Crippen molar-refractivity contribution < 1.29 is 9.47 Å². The van der Waals surface area contributed by atoms with Crippen LogP contribution in [0.15, 0.2) is 12.1 Å². The second kappa shape index (κ2) is 6.10. The molecule has 0 radical (unpaired) electrons. The molecule has 1 unspecified atom stereocenters. The van der Waals surface area contributed by atoms with Gasteiger partial charge in [0.2, 0.25) is 0 Å². The lowest BCUT2D eigenvalue weighted by Gasteiger charge is -2.30. The SMILES string of the molecule is CN1CCCC(CNc2cc3c(cc2Cl)OCCO3)C1. The largest absolute Gasteiger partial charge is 0.486 e. The van der Waals surface area contributed by atoms with Gasteiger partial charge in [0, 0.05) is 25.2 Å². The average molecular weight is 297 g/mol. The number of likely N-dealkylation sites (tertiary alicyclic amines) is 1. The quantitative estimate of drug-likeness (QED) is 0.930. The van der Waals surface area contributed by atoms with Crippen LogP contribution in [0.4, 0.5) is 5.69 Å². The van der Waals surface area contributed by atoms with E-state index in [1.165, 1.54) is 19.4 Å². The smallest absolute Gasteiger partial charge is 0.163 e. The molecule has 1 N–H and O–H groups in total. The minimum Gasteiger partial charge on any atom is -0.486 e. The van der Waals surface area contributed by atoms with Crippen LogP contribution in [-0.2, 0) is 0 Å². The number of ether oxygens (including phenoxy) is 2. The number of halogens is 1. The van der Waals surface area contributed by atoms with E-state index in [1.54, 1.807) is 0 Å². The van der Waals surface area contributed by atoms with Crippen LogP contribution in [0.5, 0.6) is 11.5 Å². The first-order valence-corrected chi connectivity index (χ1v) is 7.62. The van der Waals surface area contributed by atoms with Gasteiger partial charge in [0.15, 0.2) is 11.5 Å². The minimum atomic E-state index is 0.588. The normalized spacial score (nSPS) is 22.6. The lowest BCUT2D eigenvalue weighted by atomic mass is 9.98. The Morgan fingerprint density at radius 2 is 2.05 bits per heavy atom. The first-order valence-electron chi connectivity index (χ1n) is 7.24. The molecule has 5 heteroatoms. The molecule has 1 atom stereocenters. The molecular formula is C15H21ClN2O2. The highest BCUT2D eigenvalue weighted by Gasteiger charge is 2.19. The summed E-state index contributed by atoms with van der Waals surface area (Å²) in [6.07, 6.45) is 2.55. The predicted molar refractivity (Wildman–Crippen MR) is 81.2 cm³/mol. The molecule has 0 spiro atoms. The third-order valence-corrected chi connectivity index (χ3v) is 4.25. The van der Waals surface area contributed by atoms with Crippen molar-refractivity contribution in [2.24, 2.45) is 5.92 Å². The van der Waals surface area contributed by atoms with Gasteiger partial charge in [-0.1, -0.05) is 11.6 Å². The standard InChI is InChI=1S/C15H21ClN2O2/c1-18-4-2-3-11(10-18)9-17-13-8-15-14(7-12(13)16)19-5-6-20-15/h7-8,11,17H,2-6,9-10H2,1H3. The van der Waals surface area contributed by atoms with Gasteiger partial charge in [0.1, 0.15) is 13.2 Å². The maximum atomic E-state index is 6.30. The van der Waals surface area contributed by atoms with Crippen molar-refractivity contribution in [2.75, 3.05) is 45.2 Å². The second-order valence-corrected chi connectivity index (χ2v) is 6.03. The van der Waals surface area contributed by atoms with Gasteiger partial charge in [-0.25, -0.2) is 0 Å². The van der Waals surface area contributed by atoms with Gasteiger partial charge >= 0.3 is 0 Å². The van der Waals surface area contributed by atoms with Crippen LogP contribution in [0, 0.1) is 5.92 Å². The van der Waals surface area contributed by atoms with Crippen LogP contribution in [0.1, 0.15) is 12.8 Å². The Bertz CT molecular complexity index is 481. The van der Waals surface area contributed by atoms with Crippen LogP contribution in [-0.4, -0.2) is 44.8 Å². The Balaban J connectivity index is 1.65. The zero-order valence-corrected chi connectivity index (χ0v) is 12.6. The molecule has 110 valence electrons. The number of nitrogens with zero attached hydrogens (tertiary/aromatic N) is 1. The molecule has 4 nitrogen and oxygen atoms in total. The second-order valence-electron chi connectivity index (χ2n) is 5.63. The van der Waals surface area contributed by atoms with E-state index in [1.807, 2.05) is 12.1 Å². The van der Waals surface area contributed by atoms with E-state index in [2.05, 4.69) is 17.3 Å². The van der Waals surface area contributed by atoms with Crippen LogP contribution >= 0.6 is 11.6 Å². The number of piperidine rings is 1. The molecular weight excluding hydrogens is 276 g/mol. The Morgan fingerprint density at radius 3 is 2.80 bits per heavy atom. The van der Waals surface area contributed by atoms with Crippen LogP contribution in [0.2, 0.25) is 5.02 Å². The Hall–Kier alpha value is -1.13. The third kappa shape index (κ3) is 3.13. The van der Waals surface area contributed by atoms with Crippen LogP contribution < -0.4 is 14.8 Å². The number of anilines is 1. The predicted octanol–water partition coefficient (Wildman–Crippen LogP) is 2.86. The van der Waals surface area contributed by atoms with E-state index in [0.717, 1.165) is 30.3 Å². The van der Waals surface area contributed by atoms with Gasteiger partial charge in [0.25, 0.3) is 0 Å². The Morgan fingerprint density at radius 1 is 1.30 bits per heavy atom. The van der Waals surface area contributed by atoms with Crippen molar-refractivity contribution in [1.29, 1.82) is 0 Å². The van der Waals surface area contributed by atoms with E-state index in [0.29, 0.717) is 24.2 Å². The van der Waals surface area contributed by atoms with Crippen molar-refractivity contribution in [3.05, 3.63) is 17.2 Å². The van der Waals surface area contributed by atoms with E-state index in [4.69, 9.17) is 21.1 Å². The third-order valence-electron chi connectivity index (χ3n) is 3.94. The molecule has 0 saturated carbocycles. The molecule has 1 aromatic rings. The lowest BCUT2D eigenvalue weighted by Crippen LogP contribution is -2.35. The van der Waals surface area contributed by atoms with Gasteiger partial charge < -0.3 is 19.7 Å². The molecule has 0 amide bonds. The zero-order chi connectivity index (χ0) is 13.9. The number of rotatable bonds is 3. The van der Waals surface area contributed by atoms with Crippen molar-refractivity contribution in [3.63, 3.8) is 0 Å². The van der Waals surface area contributed by atoms with E-state index in [-0.39, 0.29) is 0 Å². The highest BCUT2D eigenvalue weighted by atomic mass is 35.5. The summed E-state index contributed by atoms with van der Waals surface area (Å²) in [6, 6.07) is 3.79. The van der Waals surface area contributed by atoms with E-state index >= 15 is 0 Å². The fourth-order valence-corrected chi connectivity index (χ4v) is 3.11. The van der Waals surface area contributed by atoms with E-state index in [9.17, 15) is 0 Å². The van der Waals surface area contributed by atoms with Crippen LogP contribution in [0.3, 0.4) is 0 Å². The molecule has 3 rings (SSSR count). The maximum Gasteiger partial charge on any atom is 0.163 e. The first kappa shape index (κ1) is 13.8. The molecule has 1 aromatic carbocycles. The van der Waals surface area contributed by atoms with E-state index < -0.39 is 0 Å². The molecule has 20 heavy (non-hydrogen) atoms. The zero-order valence-electron chi connectivity index (χ0n) is 11.8. The average Bonchev–Trinajstić information content (AvgIpc) is 2.45. The molecule has 0 aromatic heterocycles. The van der Waals surface area contributed by atoms with Crippen molar-refractivity contribution in [1.82, 2.24) is 4.90 Å². The van der Waals surface area contributed by atoms with Gasteiger partial charge in [-0.05, 0) is 32.4 Å². The van der Waals surface area contributed by atoms with Gasteiger partial charge in [-0.15, -0.1) is 0 Å². The lowest BCUT2D eigenvalue weighted by molar-refractivity contribution is 0.171. The molecule has 0 aliphatic carbocycles. The molecule has 1 fully saturated rings. The van der Waals surface area contributed by atoms with Gasteiger partial charge in [-0.3, -0.25) is 0 Å². The number of hydrogen-bond donors (Lipinski definition) is 1. The fraction of sp³-hybridized carbons (Fsp3) is 0.600. The monoisotopic (exact) mass is 296 g/mol. The number of hydrogen-bond acceptors (Lipinski definition) is 4. The molecule has 2 aliphatic rings. The Labute approximate surface area is 125 Å². The highest BCUT2D eigenvalue weighted by Crippen LogP contribution is 2.38. The summed E-state index contributed by atoms with van der Waals surface area (Å²) in [5.41, 5.74) is 0.934. The summed E-state index contributed by atoms with van der Waals surface area (Å²) in [4.78, 5) is 2.39. The maximum absolute atomic E-state index is 6.30. The summed E-state index contributed by atoms with van der Waals surface area (Å²) in [6.45, 7) is 4.49. The minimum absolute atomic E-state index is 0.588. The number of benzene rings is 1. The number of fused-ring (bicyclic) bond motifs is 1. The molecule has 1 saturated heterocycles. The molecule has 2 heterocycles. The number of nitrogens with one attached hydrogen (secondary N) is 1.